The van der Waals surface area contributed by atoms with E-state index in [0.717, 1.165) is 22.1 Å². The lowest BCUT2D eigenvalue weighted by Crippen LogP contribution is -2.46. The average molecular weight is 461 g/mol. The molecule has 8 heteroatoms. The molecule has 2 aromatic carbocycles. The Morgan fingerprint density at radius 3 is 2.50 bits per heavy atom. The van der Waals surface area contributed by atoms with Gasteiger partial charge in [0, 0.05) is 30.9 Å². The van der Waals surface area contributed by atoms with E-state index in [-0.39, 0.29) is 30.9 Å². The number of rotatable bonds is 6. The molecule has 0 saturated carbocycles. The van der Waals surface area contributed by atoms with E-state index < -0.39 is 11.2 Å². The second-order valence-electron chi connectivity index (χ2n) is 8.78. The second-order valence-corrected chi connectivity index (χ2v) is 8.78. The van der Waals surface area contributed by atoms with Gasteiger partial charge in [0.15, 0.2) is 0 Å². The van der Waals surface area contributed by atoms with Gasteiger partial charge >= 0.3 is 5.69 Å². The number of carbonyl (C=O) groups excluding carboxylic acids is 2. The lowest BCUT2D eigenvalue weighted by atomic mass is 9.91. The maximum atomic E-state index is 13.4. The van der Waals surface area contributed by atoms with Crippen LogP contribution in [-0.2, 0) is 17.8 Å². The fourth-order valence-corrected chi connectivity index (χ4v) is 4.28. The van der Waals surface area contributed by atoms with E-state index in [1.165, 1.54) is 17.8 Å². The molecule has 1 aliphatic heterocycles. The smallest absolute Gasteiger partial charge is 0.328 e. The molecule has 0 saturated heterocycles. The molecule has 1 aliphatic rings. The van der Waals surface area contributed by atoms with Crippen molar-refractivity contribution in [3.63, 3.8) is 0 Å². The summed E-state index contributed by atoms with van der Waals surface area (Å²) in [7, 11) is 0. The Bertz CT molecular complexity index is 1310. The van der Waals surface area contributed by atoms with E-state index in [1.54, 1.807) is 4.90 Å². The molecule has 2 N–H and O–H groups in total. The minimum atomic E-state index is -0.646. The summed E-state index contributed by atoms with van der Waals surface area (Å²) < 4.78 is 1.13. The molecular weight excluding hydrogens is 432 g/mol. The topological polar surface area (TPSA) is 104 Å². The molecule has 0 bridgehead atoms. The third kappa shape index (κ3) is 5.01. The molecule has 176 valence electrons. The summed E-state index contributed by atoms with van der Waals surface area (Å²) in [5.41, 5.74) is 2.77. The van der Waals surface area contributed by atoms with Crippen LogP contribution in [0.25, 0.3) is 0 Å². The molecule has 2 heterocycles. The Morgan fingerprint density at radius 1 is 1.06 bits per heavy atom. The van der Waals surface area contributed by atoms with Crippen LogP contribution in [0.15, 0.2) is 70.4 Å². The van der Waals surface area contributed by atoms with E-state index in [9.17, 15) is 19.2 Å². The minimum Gasteiger partial charge on any atom is -0.352 e. The molecule has 1 aromatic heterocycles. The van der Waals surface area contributed by atoms with Crippen LogP contribution in [-0.4, -0.2) is 39.4 Å². The number of nitrogens with one attached hydrogen (secondary N) is 2. The molecule has 0 fully saturated rings. The van der Waals surface area contributed by atoms with Crippen LogP contribution in [0.5, 0.6) is 0 Å². The highest BCUT2D eigenvalue weighted by molar-refractivity contribution is 5.94. The molecule has 0 radical (unpaired) electrons. The lowest BCUT2D eigenvalue weighted by Gasteiger charge is -2.37. The number of amides is 2. The van der Waals surface area contributed by atoms with Crippen LogP contribution in [0.3, 0.4) is 0 Å². The molecule has 1 unspecified atom stereocenters. The highest BCUT2D eigenvalue weighted by Gasteiger charge is 2.31. The van der Waals surface area contributed by atoms with Gasteiger partial charge < -0.3 is 10.2 Å². The number of benzene rings is 2. The number of aromatic amines is 1. The molecule has 34 heavy (non-hydrogen) atoms. The first-order valence-electron chi connectivity index (χ1n) is 11.4. The standard InChI is InChI=1S/C26H28N4O4/c1-17(2)18-7-9-20(10-8-18)25(33)30-14-11-19-5-3-4-6-21(19)22(30)15-27-24(32)16-29-13-12-23(31)28-26(29)34/h3-10,12-13,17,22H,11,14-16H2,1-2H3,(H,27,32)(H,28,31,34). The number of H-pyrrole nitrogens is 1. The van der Waals surface area contributed by atoms with Crippen LogP contribution in [0.4, 0.5) is 0 Å². The first-order chi connectivity index (χ1) is 16.3. The number of aromatic nitrogens is 2. The van der Waals surface area contributed by atoms with Crippen molar-refractivity contribution in [3.8, 4) is 0 Å². The predicted molar refractivity (Wildman–Crippen MR) is 129 cm³/mol. The van der Waals surface area contributed by atoms with Crippen LogP contribution in [0, 0.1) is 0 Å². The van der Waals surface area contributed by atoms with Crippen molar-refractivity contribution in [3.05, 3.63) is 104 Å². The van der Waals surface area contributed by atoms with Crippen LogP contribution >= 0.6 is 0 Å². The van der Waals surface area contributed by atoms with Crippen molar-refractivity contribution in [2.45, 2.75) is 38.8 Å². The van der Waals surface area contributed by atoms with E-state index in [0.29, 0.717) is 18.0 Å². The summed E-state index contributed by atoms with van der Waals surface area (Å²) in [6.07, 6.45) is 2.02. The summed E-state index contributed by atoms with van der Waals surface area (Å²) in [4.78, 5) is 53.1. The van der Waals surface area contributed by atoms with Crippen molar-refractivity contribution in [2.75, 3.05) is 13.1 Å². The van der Waals surface area contributed by atoms with Gasteiger partial charge in [0.05, 0.1) is 6.04 Å². The van der Waals surface area contributed by atoms with Crippen LogP contribution in [0.1, 0.15) is 52.9 Å². The van der Waals surface area contributed by atoms with Gasteiger partial charge in [-0.2, -0.15) is 0 Å². The van der Waals surface area contributed by atoms with Crippen LogP contribution in [0.2, 0.25) is 0 Å². The number of hydrogen-bond donors (Lipinski definition) is 2. The fourth-order valence-electron chi connectivity index (χ4n) is 4.28. The SMILES string of the molecule is CC(C)c1ccc(C(=O)N2CCc3ccccc3C2CNC(=O)Cn2ccc(=O)[nH]c2=O)cc1. The van der Waals surface area contributed by atoms with Crippen molar-refractivity contribution < 1.29 is 9.59 Å². The number of fused-ring (bicyclic) bond motifs is 1. The molecule has 2 amide bonds. The van der Waals surface area contributed by atoms with Gasteiger partial charge in [0.25, 0.3) is 11.5 Å². The van der Waals surface area contributed by atoms with E-state index in [4.69, 9.17) is 0 Å². The Labute approximate surface area is 197 Å². The molecule has 8 nitrogen and oxygen atoms in total. The van der Waals surface area contributed by atoms with Crippen molar-refractivity contribution in [1.82, 2.24) is 19.8 Å². The molecule has 0 aliphatic carbocycles. The Hall–Kier alpha value is -3.94. The Balaban J connectivity index is 1.53. The fraction of sp³-hybridized carbons (Fsp3) is 0.308. The maximum absolute atomic E-state index is 13.4. The van der Waals surface area contributed by atoms with E-state index in [2.05, 4.69) is 24.1 Å². The summed E-state index contributed by atoms with van der Waals surface area (Å²) in [6, 6.07) is 16.5. The summed E-state index contributed by atoms with van der Waals surface area (Å²) >= 11 is 0. The van der Waals surface area contributed by atoms with Crippen molar-refractivity contribution in [1.29, 1.82) is 0 Å². The maximum Gasteiger partial charge on any atom is 0.328 e. The van der Waals surface area contributed by atoms with E-state index in [1.807, 2.05) is 48.5 Å². The van der Waals surface area contributed by atoms with Gasteiger partial charge in [-0.25, -0.2) is 4.79 Å². The quantitative estimate of drug-likeness (QED) is 0.589. The van der Waals surface area contributed by atoms with Crippen molar-refractivity contribution in [2.24, 2.45) is 0 Å². The zero-order chi connectivity index (χ0) is 24.2. The third-order valence-corrected chi connectivity index (χ3v) is 6.20. The normalized spacial score (nSPS) is 15.1. The second kappa shape index (κ2) is 9.91. The van der Waals surface area contributed by atoms with Gasteiger partial charge in [-0.1, -0.05) is 50.2 Å². The Kier molecular flexibility index (Phi) is 6.77. The van der Waals surface area contributed by atoms with Gasteiger partial charge in [-0.05, 0) is 41.2 Å². The van der Waals surface area contributed by atoms with Gasteiger partial charge in [-0.15, -0.1) is 0 Å². The number of hydrogen-bond acceptors (Lipinski definition) is 4. The monoisotopic (exact) mass is 460 g/mol. The molecule has 4 rings (SSSR count). The van der Waals surface area contributed by atoms with Gasteiger partial charge in [0.1, 0.15) is 6.54 Å². The molecule has 0 spiro atoms. The predicted octanol–water partition coefficient (Wildman–Crippen LogP) is 2.22. The lowest BCUT2D eigenvalue weighted by molar-refractivity contribution is -0.122. The number of carbonyl (C=O) groups is 2. The summed E-state index contributed by atoms with van der Waals surface area (Å²) in [5.74, 6) is -0.0873. The third-order valence-electron chi connectivity index (χ3n) is 6.20. The summed E-state index contributed by atoms with van der Waals surface area (Å²) in [5, 5.41) is 2.86. The number of nitrogens with zero attached hydrogens (tertiary/aromatic N) is 2. The molecular formula is C26H28N4O4. The highest BCUT2D eigenvalue weighted by Crippen LogP contribution is 2.30. The first-order valence-corrected chi connectivity index (χ1v) is 11.4. The first kappa shape index (κ1) is 23.2. The van der Waals surface area contributed by atoms with Crippen LogP contribution < -0.4 is 16.6 Å². The summed E-state index contributed by atoms with van der Waals surface area (Å²) in [6.45, 7) is 4.75. The van der Waals surface area contributed by atoms with Gasteiger partial charge in [0.2, 0.25) is 5.91 Å². The molecule has 1 atom stereocenters. The zero-order valence-corrected chi connectivity index (χ0v) is 19.3. The van der Waals surface area contributed by atoms with Crippen molar-refractivity contribution >= 4 is 11.8 Å². The molecule has 3 aromatic rings. The zero-order valence-electron chi connectivity index (χ0n) is 19.3. The van der Waals surface area contributed by atoms with E-state index >= 15 is 0 Å². The van der Waals surface area contributed by atoms with Gasteiger partial charge in [-0.3, -0.25) is 23.9 Å². The Morgan fingerprint density at radius 2 is 1.79 bits per heavy atom. The average Bonchev–Trinajstić information content (AvgIpc) is 2.83. The largest absolute Gasteiger partial charge is 0.352 e. The highest BCUT2D eigenvalue weighted by atomic mass is 16.2. The minimum absolute atomic E-state index is 0.0825.